The first kappa shape index (κ1) is 13.1. The highest BCUT2D eigenvalue weighted by Gasteiger charge is 2.07. The van der Waals surface area contributed by atoms with Crippen molar-refractivity contribution in [3.05, 3.63) is 59.7 Å². The molecule has 0 aliphatic heterocycles. The lowest BCUT2D eigenvalue weighted by Gasteiger charge is -2.11. The van der Waals surface area contributed by atoms with Gasteiger partial charge in [0.25, 0.3) is 5.91 Å². The fourth-order valence-electron chi connectivity index (χ4n) is 1.88. The van der Waals surface area contributed by atoms with E-state index in [4.69, 9.17) is 4.74 Å². The SMILES string of the molecule is Cc1cccc(C)c1OCC(=O)Nc1ccccc1. The van der Waals surface area contributed by atoms with E-state index in [-0.39, 0.29) is 12.5 Å². The maximum atomic E-state index is 11.8. The molecule has 0 unspecified atom stereocenters. The molecule has 0 radical (unpaired) electrons. The Morgan fingerprint density at radius 2 is 1.63 bits per heavy atom. The van der Waals surface area contributed by atoms with E-state index >= 15 is 0 Å². The van der Waals surface area contributed by atoms with Crippen molar-refractivity contribution < 1.29 is 9.53 Å². The first-order chi connectivity index (χ1) is 9.16. The maximum Gasteiger partial charge on any atom is 0.262 e. The van der Waals surface area contributed by atoms with Crippen molar-refractivity contribution in [2.75, 3.05) is 11.9 Å². The van der Waals surface area contributed by atoms with Gasteiger partial charge in [0.1, 0.15) is 5.75 Å². The van der Waals surface area contributed by atoms with Crippen LogP contribution in [0, 0.1) is 13.8 Å². The fourth-order valence-corrected chi connectivity index (χ4v) is 1.88. The third-order valence-corrected chi connectivity index (χ3v) is 2.81. The minimum Gasteiger partial charge on any atom is -0.483 e. The molecular formula is C16H17NO2. The van der Waals surface area contributed by atoms with E-state index in [1.54, 1.807) is 0 Å². The Morgan fingerprint density at radius 1 is 1.00 bits per heavy atom. The summed E-state index contributed by atoms with van der Waals surface area (Å²) in [4.78, 5) is 11.8. The molecule has 0 fully saturated rings. The highest BCUT2D eigenvalue weighted by Crippen LogP contribution is 2.22. The summed E-state index contributed by atoms with van der Waals surface area (Å²) in [5, 5.41) is 2.79. The van der Waals surface area contributed by atoms with Crippen LogP contribution in [0.1, 0.15) is 11.1 Å². The van der Waals surface area contributed by atoms with Gasteiger partial charge >= 0.3 is 0 Å². The zero-order chi connectivity index (χ0) is 13.7. The molecule has 0 saturated carbocycles. The van der Waals surface area contributed by atoms with Crippen LogP contribution in [0.2, 0.25) is 0 Å². The number of nitrogens with one attached hydrogen (secondary N) is 1. The van der Waals surface area contributed by atoms with Crippen LogP contribution >= 0.6 is 0 Å². The molecule has 0 saturated heterocycles. The van der Waals surface area contributed by atoms with Crippen molar-refractivity contribution in [3.63, 3.8) is 0 Å². The van der Waals surface area contributed by atoms with Gasteiger partial charge in [0.05, 0.1) is 0 Å². The normalized spacial score (nSPS) is 10.0. The summed E-state index contributed by atoms with van der Waals surface area (Å²) in [6.45, 7) is 3.95. The van der Waals surface area contributed by atoms with Gasteiger partial charge in [-0.3, -0.25) is 4.79 Å². The lowest BCUT2D eigenvalue weighted by Crippen LogP contribution is -2.20. The number of hydrogen-bond acceptors (Lipinski definition) is 2. The first-order valence-electron chi connectivity index (χ1n) is 6.21. The number of ether oxygens (including phenoxy) is 1. The summed E-state index contributed by atoms with van der Waals surface area (Å²) in [7, 11) is 0. The van der Waals surface area contributed by atoms with Gasteiger partial charge in [0, 0.05) is 5.69 Å². The summed E-state index contributed by atoms with van der Waals surface area (Å²) < 4.78 is 5.59. The summed E-state index contributed by atoms with van der Waals surface area (Å²) in [5.41, 5.74) is 2.85. The fraction of sp³-hybridized carbons (Fsp3) is 0.188. The van der Waals surface area contributed by atoms with Crippen molar-refractivity contribution in [2.45, 2.75) is 13.8 Å². The maximum absolute atomic E-state index is 11.8. The summed E-state index contributed by atoms with van der Waals surface area (Å²) in [5.74, 6) is 0.625. The van der Waals surface area contributed by atoms with Crippen molar-refractivity contribution >= 4 is 11.6 Å². The number of benzene rings is 2. The van der Waals surface area contributed by atoms with Crippen LogP contribution in [0.25, 0.3) is 0 Å². The molecule has 0 aliphatic rings. The summed E-state index contributed by atoms with van der Waals surface area (Å²) in [6.07, 6.45) is 0. The van der Waals surface area contributed by atoms with Gasteiger partial charge in [-0.2, -0.15) is 0 Å². The van der Waals surface area contributed by atoms with E-state index in [0.29, 0.717) is 0 Å². The van der Waals surface area contributed by atoms with Gasteiger partial charge in [0.2, 0.25) is 0 Å². The number of amides is 1. The second-order valence-electron chi connectivity index (χ2n) is 4.42. The van der Waals surface area contributed by atoms with Crippen LogP contribution in [-0.2, 0) is 4.79 Å². The average molecular weight is 255 g/mol. The molecule has 3 nitrogen and oxygen atoms in total. The number of hydrogen-bond donors (Lipinski definition) is 1. The van der Waals surface area contributed by atoms with Crippen LogP contribution in [0.15, 0.2) is 48.5 Å². The average Bonchev–Trinajstić information content (AvgIpc) is 2.39. The molecule has 1 N–H and O–H groups in total. The Morgan fingerprint density at radius 3 is 2.26 bits per heavy atom. The molecule has 1 amide bonds. The Balaban J connectivity index is 1.94. The Kier molecular flexibility index (Phi) is 4.18. The molecule has 2 aromatic carbocycles. The van der Waals surface area contributed by atoms with Crippen molar-refractivity contribution in [1.29, 1.82) is 0 Å². The number of anilines is 1. The molecule has 19 heavy (non-hydrogen) atoms. The van der Waals surface area contributed by atoms with E-state index in [2.05, 4.69) is 5.32 Å². The third-order valence-electron chi connectivity index (χ3n) is 2.81. The van der Waals surface area contributed by atoms with Crippen molar-refractivity contribution in [1.82, 2.24) is 0 Å². The molecule has 2 rings (SSSR count). The Bertz CT molecular complexity index is 544. The molecule has 3 heteroatoms. The predicted molar refractivity (Wildman–Crippen MR) is 76.5 cm³/mol. The number of carbonyl (C=O) groups excluding carboxylic acids is 1. The number of carbonyl (C=O) groups is 1. The molecule has 0 atom stereocenters. The lowest BCUT2D eigenvalue weighted by atomic mass is 10.1. The number of rotatable bonds is 4. The lowest BCUT2D eigenvalue weighted by molar-refractivity contribution is -0.118. The number of para-hydroxylation sites is 2. The molecule has 0 aliphatic carbocycles. The van der Waals surface area contributed by atoms with E-state index in [9.17, 15) is 4.79 Å². The minimum atomic E-state index is -0.158. The van der Waals surface area contributed by atoms with Gasteiger partial charge in [-0.15, -0.1) is 0 Å². The zero-order valence-corrected chi connectivity index (χ0v) is 11.1. The molecular weight excluding hydrogens is 238 g/mol. The van der Waals surface area contributed by atoms with Crippen LogP contribution < -0.4 is 10.1 Å². The Hall–Kier alpha value is -2.29. The smallest absolute Gasteiger partial charge is 0.262 e. The molecule has 0 bridgehead atoms. The van der Waals surface area contributed by atoms with Crippen LogP contribution in [-0.4, -0.2) is 12.5 Å². The zero-order valence-electron chi connectivity index (χ0n) is 11.1. The summed E-state index contributed by atoms with van der Waals surface area (Å²) in [6, 6.07) is 15.3. The number of aryl methyl sites for hydroxylation is 2. The van der Waals surface area contributed by atoms with E-state index < -0.39 is 0 Å². The molecule has 2 aromatic rings. The van der Waals surface area contributed by atoms with Gasteiger partial charge in [0.15, 0.2) is 6.61 Å². The monoisotopic (exact) mass is 255 g/mol. The molecule has 0 aromatic heterocycles. The van der Waals surface area contributed by atoms with Gasteiger partial charge in [-0.1, -0.05) is 36.4 Å². The first-order valence-corrected chi connectivity index (χ1v) is 6.21. The summed E-state index contributed by atoms with van der Waals surface area (Å²) >= 11 is 0. The topological polar surface area (TPSA) is 38.3 Å². The van der Waals surface area contributed by atoms with E-state index in [1.807, 2.05) is 62.4 Å². The molecule has 98 valence electrons. The molecule has 0 spiro atoms. The quantitative estimate of drug-likeness (QED) is 0.910. The van der Waals surface area contributed by atoms with Gasteiger partial charge in [-0.05, 0) is 37.1 Å². The second kappa shape index (κ2) is 6.05. The largest absolute Gasteiger partial charge is 0.483 e. The standard InChI is InChI=1S/C16H17NO2/c1-12-7-6-8-13(2)16(12)19-11-15(18)17-14-9-4-3-5-10-14/h3-10H,11H2,1-2H3,(H,17,18). The molecule has 0 heterocycles. The van der Waals surface area contributed by atoms with Gasteiger partial charge in [-0.25, -0.2) is 0 Å². The van der Waals surface area contributed by atoms with Gasteiger partial charge < -0.3 is 10.1 Å². The van der Waals surface area contributed by atoms with Crippen molar-refractivity contribution in [3.8, 4) is 5.75 Å². The van der Waals surface area contributed by atoms with E-state index in [1.165, 1.54) is 0 Å². The minimum absolute atomic E-state index is 0.0145. The highest BCUT2D eigenvalue weighted by atomic mass is 16.5. The second-order valence-corrected chi connectivity index (χ2v) is 4.42. The third kappa shape index (κ3) is 3.58. The van der Waals surface area contributed by atoms with Crippen LogP contribution in [0.3, 0.4) is 0 Å². The highest BCUT2D eigenvalue weighted by molar-refractivity contribution is 5.91. The predicted octanol–water partition coefficient (Wildman–Crippen LogP) is 3.32. The van der Waals surface area contributed by atoms with Crippen LogP contribution in [0.5, 0.6) is 5.75 Å². The van der Waals surface area contributed by atoms with E-state index in [0.717, 1.165) is 22.6 Å². The van der Waals surface area contributed by atoms with Crippen LogP contribution in [0.4, 0.5) is 5.69 Å². The van der Waals surface area contributed by atoms with Crippen molar-refractivity contribution in [2.24, 2.45) is 0 Å². The Labute approximate surface area is 113 Å².